The average Bonchev–Trinajstić information content (AvgIpc) is 2.41. The molecule has 0 aliphatic carbocycles. The topological polar surface area (TPSA) is 32.3 Å². The Balaban J connectivity index is 3.06. The second kappa shape index (κ2) is 7.39. The van der Waals surface area contributed by atoms with Gasteiger partial charge in [0.05, 0.1) is 5.56 Å². The SMILES string of the molecule is CCNc1ccc(Cl)cc1C(=O)N(C)C(CC)CC. The third-order valence-electron chi connectivity index (χ3n) is 3.39. The summed E-state index contributed by atoms with van der Waals surface area (Å²) in [7, 11) is 1.86. The van der Waals surface area contributed by atoms with Crippen LogP contribution in [-0.4, -0.2) is 30.4 Å². The molecule has 0 saturated heterocycles. The number of halogens is 1. The smallest absolute Gasteiger partial charge is 0.255 e. The molecule has 0 aliphatic heterocycles. The van der Waals surface area contributed by atoms with Crippen molar-refractivity contribution in [2.45, 2.75) is 39.7 Å². The molecule has 0 bridgehead atoms. The molecule has 1 amide bonds. The fraction of sp³-hybridized carbons (Fsp3) is 0.533. The molecule has 0 radical (unpaired) electrons. The molecule has 0 spiro atoms. The summed E-state index contributed by atoms with van der Waals surface area (Å²) < 4.78 is 0. The van der Waals surface area contributed by atoms with Gasteiger partial charge in [0, 0.05) is 30.3 Å². The van der Waals surface area contributed by atoms with E-state index in [-0.39, 0.29) is 11.9 Å². The van der Waals surface area contributed by atoms with Crippen molar-refractivity contribution in [3.63, 3.8) is 0 Å². The minimum absolute atomic E-state index is 0.0205. The number of amides is 1. The molecule has 1 aromatic carbocycles. The molecule has 0 heterocycles. The molecule has 106 valence electrons. The lowest BCUT2D eigenvalue weighted by Crippen LogP contribution is -2.36. The van der Waals surface area contributed by atoms with Crippen LogP contribution in [-0.2, 0) is 0 Å². The Hall–Kier alpha value is -1.22. The number of nitrogens with one attached hydrogen (secondary N) is 1. The third-order valence-corrected chi connectivity index (χ3v) is 3.62. The van der Waals surface area contributed by atoms with E-state index in [2.05, 4.69) is 19.2 Å². The molecule has 4 heteroatoms. The Morgan fingerprint density at radius 3 is 2.47 bits per heavy atom. The highest BCUT2D eigenvalue weighted by Gasteiger charge is 2.21. The summed E-state index contributed by atoms with van der Waals surface area (Å²) in [4.78, 5) is 14.4. The van der Waals surface area contributed by atoms with Crippen LogP contribution in [0.4, 0.5) is 5.69 Å². The Bertz CT molecular complexity index is 430. The standard InChI is InChI=1S/C15H23ClN2O/c1-5-12(6-2)18(4)15(19)13-10-11(16)8-9-14(13)17-7-3/h8-10,12,17H,5-7H2,1-4H3. The van der Waals surface area contributed by atoms with Crippen molar-refractivity contribution in [2.75, 3.05) is 18.9 Å². The van der Waals surface area contributed by atoms with Crippen molar-refractivity contribution in [1.29, 1.82) is 0 Å². The van der Waals surface area contributed by atoms with Crippen LogP contribution in [0.15, 0.2) is 18.2 Å². The molecule has 1 aromatic rings. The van der Waals surface area contributed by atoms with Gasteiger partial charge < -0.3 is 10.2 Å². The van der Waals surface area contributed by atoms with Gasteiger partial charge in [0.25, 0.3) is 5.91 Å². The summed E-state index contributed by atoms with van der Waals surface area (Å²) in [5.74, 6) is 0.0205. The quantitative estimate of drug-likeness (QED) is 0.854. The van der Waals surface area contributed by atoms with Crippen molar-refractivity contribution in [2.24, 2.45) is 0 Å². The van der Waals surface area contributed by atoms with Crippen LogP contribution in [0.1, 0.15) is 44.0 Å². The number of nitrogens with zero attached hydrogens (tertiary/aromatic N) is 1. The summed E-state index contributed by atoms with van der Waals surface area (Å²) >= 11 is 6.01. The normalized spacial score (nSPS) is 10.6. The van der Waals surface area contributed by atoms with E-state index in [0.29, 0.717) is 10.6 Å². The number of carbonyl (C=O) groups excluding carboxylic acids is 1. The zero-order valence-corrected chi connectivity index (χ0v) is 12.9. The van der Waals surface area contributed by atoms with Gasteiger partial charge in [-0.2, -0.15) is 0 Å². The van der Waals surface area contributed by atoms with Gasteiger partial charge in [0.15, 0.2) is 0 Å². The molecule has 0 aliphatic rings. The van der Waals surface area contributed by atoms with E-state index in [9.17, 15) is 4.79 Å². The van der Waals surface area contributed by atoms with Crippen molar-refractivity contribution in [3.8, 4) is 0 Å². The van der Waals surface area contributed by atoms with E-state index >= 15 is 0 Å². The Labute approximate surface area is 120 Å². The molecule has 19 heavy (non-hydrogen) atoms. The number of benzene rings is 1. The first-order valence-electron chi connectivity index (χ1n) is 6.85. The maximum absolute atomic E-state index is 12.6. The van der Waals surface area contributed by atoms with E-state index in [4.69, 9.17) is 11.6 Å². The van der Waals surface area contributed by atoms with Crippen LogP contribution >= 0.6 is 11.6 Å². The van der Waals surface area contributed by atoms with Crippen molar-refractivity contribution < 1.29 is 4.79 Å². The van der Waals surface area contributed by atoms with Crippen LogP contribution in [0.5, 0.6) is 0 Å². The first-order valence-corrected chi connectivity index (χ1v) is 7.23. The molecule has 0 unspecified atom stereocenters. The molecular formula is C15H23ClN2O. The largest absolute Gasteiger partial charge is 0.385 e. The highest BCUT2D eigenvalue weighted by molar-refractivity contribution is 6.31. The van der Waals surface area contributed by atoms with Crippen LogP contribution in [0.3, 0.4) is 0 Å². The maximum atomic E-state index is 12.6. The van der Waals surface area contributed by atoms with Crippen molar-refractivity contribution >= 4 is 23.2 Å². The maximum Gasteiger partial charge on any atom is 0.255 e. The molecule has 0 atom stereocenters. The summed E-state index contributed by atoms with van der Waals surface area (Å²) in [5, 5.41) is 3.79. The molecular weight excluding hydrogens is 260 g/mol. The molecule has 3 nitrogen and oxygen atoms in total. The van der Waals surface area contributed by atoms with Gasteiger partial charge in [0.1, 0.15) is 0 Å². The van der Waals surface area contributed by atoms with E-state index in [1.54, 1.807) is 12.1 Å². The summed E-state index contributed by atoms with van der Waals surface area (Å²) in [5.41, 5.74) is 1.48. The summed E-state index contributed by atoms with van der Waals surface area (Å²) in [6.07, 6.45) is 1.91. The Morgan fingerprint density at radius 2 is 1.95 bits per heavy atom. The zero-order valence-electron chi connectivity index (χ0n) is 12.2. The van der Waals surface area contributed by atoms with Crippen LogP contribution in [0.25, 0.3) is 0 Å². The minimum Gasteiger partial charge on any atom is -0.385 e. The van der Waals surface area contributed by atoms with Gasteiger partial charge in [0.2, 0.25) is 0 Å². The zero-order chi connectivity index (χ0) is 14.4. The first-order chi connectivity index (χ1) is 9.04. The Morgan fingerprint density at radius 1 is 1.32 bits per heavy atom. The number of hydrogen-bond acceptors (Lipinski definition) is 2. The molecule has 1 N–H and O–H groups in total. The van der Waals surface area contributed by atoms with Gasteiger partial charge in [-0.3, -0.25) is 4.79 Å². The summed E-state index contributed by atoms with van der Waals surface area (Å²) in [6.45, 7) is 6.98. The Kier molecular flexibility index (Phi) is 6.16. The molecule has 0 fully saturated rings. The van der Waals surface area contributed by atoms with Crippen molar-refractivity contribution in [3.05, 3.63) is 28.8 Å². The lowest BCUT2D eigenvalue weighted by Gasteiger charge is -2.27. The number of carbonyl (C=O) groups is 1. The predicted octanol–water partition coefficient (Wildman–Crippen LogP) is 4.03. The lowest BCUT2D eigenvalue weighted by atomic mass is 10.1. The second-order valence-electron chi connectivity index (χ2n) is 4.61. The van der Waals surface area contributed by atoms with E-state index in [1.807, 2.05) is 24.9 Å². The van der Waals surface area contributed by atoms with E-state index in [0.717, 1.165) is 25.1 Å². The molecule has 0 aromatic heterocycles. The summed E-state index contributed by atoms with van der Waals surface area (Å²) in [6, 6.07) is 5.66. The lowest BCUT2D eigenvalue weighted by molar-refractivity contribution is 0.0724. The van der Waals surface area contributed by atoms with E-state index in [1.165, 1.54) is 0 Å². The number of rotatable bonds is 6. The number of anilines is 1. The van der Waals surface area contributed by atoms with Gasteiger partial charge >= 0.3 is 0 Å². The molecule has 1 rings (SSSR count). The van der Waals surface area contributed by atoms with Crippen LogP contribution in [0.2, 0.25) is 5.02 Å². The fourth-order valence-electron chi connectivity index (χ4n) is 2.23. The monoisotopic (exact) mass is 282 g/mol. The van der Waals surface area contributed by atoms with Crippen LogP contribution < -0.4 is 5.32 Å². The van der Waals surface area contributed by atoms with Gasteiger partial charge in [-0.25, -0.2) is 0 Å². The van der Waals surface area contributed by atoms with Crippen molar-refractivity contribution in [1.82, 2.24) is 4.90 Å². The fourth-order valence-corrected chi connectivity index (χ4v) is 2.40. The highest BCUT2D eigenvalue weighted by Crippen LogP contribution is 2.23. The average molecular weight is 283 g/mol. The van der Waals surface area contributed by atoms with Gasteiger partial charge in [-0.05, 0) is 38.0 Å². The van der Waals surface area contributed by atoms with Gasteiger partial charge in [-0.15, -0.1) is 0 Å². The number of hydrogen-bond donors (Lipinski definition) is 1. The van der Waals surface area contributed by atoms with Gasteiger partial charge in [-0.1, -0.05) is 25.4 Å². The third kappa shape index (κ3) is 3.87. The van der Waals surface area contributed by atoms with E-state index < -0.39 is 0 Å². The first kappa shape index (κ1) is 15.8. The minimum atomic E-state index is 0.0205. The highest BCUT2D eigenvalue weighted by atomic mass is 35.5. The second-order valence-corrected chi connectivity index (χ2v) is 5.04. The molecule has 0 saturated carbocycles. The predicted molar refractivity (Wildman–Crippen MR) is 82.1 cm³/mol. The van der Waals surface area contributed by atoms with Crippen LogP contribution in [0, 0.1) is 0 Å².